The maximum atomic E-state index is 12.5. The Labute approximate surface area is 194 Å². The Morgan fingerprint density at radius 3 is 2.61 bits per heavy atom. The normalized spacial score (nSPS) is 16.8. The van der Waals surface area contributed by atoms with Crippen LogP contribution in [0.4, 0.5) is 5.69 Å². The summed E-state index contributed by atoms with van der Waals surface area (Å²) in [6.07, 6.45) is -1.24. The minimum Gasteiger partial charge on any atom is -0.394 e. The maximum Gasteiger partial charge on any atom is 0.251 e. The van der Waals surface area contributed by atoms with E-state index in [4.69, 9.17) is 9.84 Å². The topological polar surface area (TPSA) is 135 Å². The van der Waals surface area contributed by atoms with Gasteiger partial charge in [-0.1, -0.05) is 18.2 Å². The molecule has 0 radical (unpaired) electrons. The molecule has 0 spiro atoms. The lowest BCUT2D eigenvalue weighted by Crippen LogP contribution is -2.38. The fraction of sp³-hybridized carbons (Fsp3) is 0.435. The number of benzene rings is 2. The molecule has 178 valence electrons. The summed E-state index contributed by atoms with van der Waals surface area (Å²) in [5.74, 6) is 0. The number of aliphatic hydroxyl groups excluding tert-OH is 2. The van der Waals surface area contributed by atoms with Crippen LogP contribution in [0.1, 0.15) is 12.5 Å². The average Bonchev–Trinajstić information content (AvgIpc) is 2.83. The highest BCUT2D eigenvalue weighted by molar-refractivity contribution is 7.93. The number of fused-ring (bicyclic) bond motifs is 1. The zero-order valence-electron chi connectivity index (χ0n) is 18.6. The first-order valence-electron chi connectivity index (χ1n) is 10.8. The predicted octanol–water partition coefficient (Wildman–Crippen LogP) is 1.11. The smallest absolute Gasteiger partial charge is 0.251 e. The highest BCUT2D eigenvalue weighted by Gasteiger charge is 2.22. The summed E-state index contributed by atoms with van der Waals surface area (Å²) in [6, 6.07) is 13.2. The number of nitrogens with one attached hydrogen (secondary N) is 2. The standard InChI is InChI=1S/C23H30N4O5S/c1-17(23(14-24)33(30,31)26-15-22(29)16-28)18-2-3-20-13-21(5-4-19(20)12-18)25-6-7-27-8-10-32-11-9-27/h2-5,12-13,22,25-26,28-29H,6-11,15-16H2,1H3/b23-17+. The van der Waals surface area contributed by atoms with Crippen LogP contribution in [0, 0.1) is 11.3 Å². The monoisotopic (exact) mass is 474 g/mol. The van der Waals surface area contributed by atoms with E-state index in [9.17, 15) is 18.8 Å². The van der Waals surface area contributed by atoms with Gasteiger partial charge in [-0.3, -0.25) is 4.90 Å². The zero-order valence-corrected chi connectivity index (χ0v) is 19.4. The first-order chi connectivity index (χ1) is 15.8. The third kappa shape index (κ3) is 6.74. The molecule has 2 aromatic carbocycles. The molecule has 0 aromatic heterocycles. The number of hydrogen-bond donors (Lipinski definition) is 4. The summed E-state index contributed by atoms with van der Waals surface area (Å²) in [5.41, 5.74) is 1.92. The van der Waals surface area contributed by atoms with Crippen molar-refractivity contribution in [1.82, 2.24) is 9.62 Å². The van der Waals surface area contributed by atoms with E-state index in [2.05, 4.69) is 14.9 Å². The van der Waals surface area contributed by atoms with E-state index in [1.54, 1.807) is 19.1 Å². The molecule has 0 saturated carbocycles. The molecule has 4 N–H and O–H groups in total. The van der Waals surface area contributed by atoms with Crippen molar-refractivity contribution in [1.29, 1.82) is 5.26 Å². The summed E-state index contributed by atoms with van der Waals surface area (Å²) < 4.78 is 32.6. The molecule has 1 fully saturated rings. The summed E-state index contributed by atoms with van der Waals surface area (Å²) in [6.45, 7) is 5.84. The van der Waals surface area contributed by atoms with Crippen LogP contribution in [0.15, 0.2) is 41.3 Å². The van der Waals surface area contributed by atoms with Crippen molar-refractivity contribution < 1.29 is 23.4 Å². The summed E-state index contributed by atoms with van der Waals surface area (Å²) in [4.78, 5) is 1.94. The molecule has 0 amide bonds. The van der Waals surface area contributed by atoms with Gasteiger partial charge in [-0.25, -0.2) is 13.1 Å². The maximum absolute atomic E-state index is 12.5. The number of allylic oxidation sites excluding steroid dienone is 2. The largest absolute Gasteiger partial charge is 0.394 e. The molecule has 9 nitrogen and oxygen atoms in total. The Bertz CT molecular complexity index is 1140. The molecule has 3 rings (SSSR count). The molecule has 1 aliphatic rings. The zero-order chi connectivity index (χ0) is 23.8. The van der Waals surface area contributed by atoms with Gasteiger partial charge < -0.3 is 20.3 Å². The second kappa shape index (κ2) is 11.6. The molecule has 0 bridgehead atoms. The molecule has 0 aliphatic carbocycles. The molecule has 33 heavy (non-hydrogen) atoms. The molecule has 1 atom stereocenters. The van der Waals surface area contributed by atoms with Crippen molar-refractivity contribution in [2.75, 3.05) is 57.9 Å². The minimum atomic E-state index is -4.13. The van der Waals surface area contributed by atoms with Gasteiger partial charge >= 0.3 is 0 Å². The van der Waals surface area contributed by atoms with E-state index in [0.29, 0.717) is 11.1 Å². The number of hydrogen-bond acceptors (Lipinski definition) is 8. The first kappa shape index (κ1) is 25.1. The van der Waals surface area contributed by atoms with E-state index in [1.165, 1.54) is 0 Å². The van der Waals surface area contributed by atoms with Crippen molar-refractivity contribution in [3.05, 3.63) is 46.9 Å². The molecular formula is C23H30N4O5S. The van der Waals surface area contributed by atoms with Crippen molar-refractivity contribution in [2.45, 2.75) is 13.0 Å². The molecule has 1 unspecified atom stereocenters. The lowest BCUT2D eigenvalue weighted by molar-refractivity contribution is 0.0398. The van der Waals surface area contributed by atoms with Crippen LogP contribution in [-0.2, 0) is 14.8 Å². The third-order valence-corrected chi connectivity index (χ3v) is 7.05. The molecule has 1 heterocycles. The number of rotatable bonds is 10. The molecule has 1 aliphatic heterocycles. The van der Waals surface area contributed by atoms with E-state index in [-0.39, 0.29) is 6.54 Å². The molecular weight excluding hydrogens is 444 g/mol. The fourth-order valence-corrected chi connectivity index (χ4v) is 4.79. The van der Waals surface area contributed by atoms with Crippen LogP contribution >= 0.6 is 0 Å². The quantitative estimate of drug-likeness (QED) is 0.376. The van der Waals surface area contributed by atoms with Gasteiger partial charge in [-0.15, -0.1) is 0 Å². The van der Waals surface area contributed by atoms with E-state index in [1.807, 2.05) is 30.3 Å². The van der Waals surface area contributed by atoms with Crippen LogP contribution in [0.2, 0.25) is 0 Å². The van der Waals surface area contributed by atoms with Crippen LogP contribution in [0.3, 0.4) is 0 Å². The van der Waals surface area contributed by atoms with Gasteiger partial charge in [-0.2, -0.15) is 5.26 Å². The highest BCUT2D eigenvalue weighted by atomic mass is 32.2. The number of sulfonamides is 1. The third-order valence-electron chi connectivity index (χ3n) is 5.56. The number of aliphatic hydroxyl groups is 2. The van der Waals surface area contributed by atoms with Crippen LogP contribution < -0.4 is 10.0 Å². The van der Waals surface area contributed by atoms with E-state index >= 15 is 0 Å². The van der Waals surface area contributed by atoms with Gasteiger partial charge in [0.05, 0.1) is 25.9 Å². The Morgan fingerprint density at radius 2 is 1.91 bits per heavy atom. The van der Waals surface area contributed by atoms with Crippen molar-refractivity contribution >= 4 is 32.1 Å². The number of nitrogens with zero attached hydrogens (tertiary/aromatic N) is 2. The molecule has 2 aromatic rings. The summed E-state index contributed by atoms with van der Waals surface area (Å²) in [5, 5.41) is 33.1. The Kier molecular flexibility index (Phi) is 8.80. The van der Waals surface area contributed by atoms with Crippen molar-refractivity contribution in [3.8, 4) is 6.07 Å². The predicted molar refractivity (Wildman–Crippen MR) is 128 cm³/mol. The highest BCUT2D eigenvalue weighted by Crippen LogP contribution is 2.27. The van der Waals surface area contributed by atoms with Crippen LogP contribution in [0.5, 0.6) is 0 Å². The van der Waals surface area contributed by atoms with Crippen molar-refractivity contribution in [3.63, 3.8) is 0 Å². The summed E-state index contributed by atoms with van der Waals surface area (Å²) >= 11 is 0. The molecule has 1 saturated heterocycles. The van der Waals surface area contributed by atoms with Crippen LogP contribution in [-0.4, -0.2) is 82.2 Å². The lowest BCUT2D eigenvalue weighted by Gasteiger charge is -2.26. The Balaban J connectivity index is 1.73. The number of ether oxygens (including phenoxy) is 1. The Morgan fingerprint density at radius 1 is 1.21 bits per heavy atom. The van der Waals surface area contributed by atoms with Crippen LogP contribution in [0.25, 0.3) is 16.3 Å². The van der Waals surface area contributed by atoms with Gasteiger partial charge in [0.25, 0.3) is 10.0 Å². The van der Waals surface area contributed by atoms with Gasteiger partial charge in [-0.05, 0) is 47.0 Å². The van der Waals surface area contributed by atoms with Gasteiger partial charge in [0.2, 0.25) is 0 Å². The van der Waals surface area contributed by atoms with Crippen molar-refractivity contribution in [2.24, 2.45) is 0 Å². The Hall–Kier alpha value is -2.52. The molecule has 10 heteroatoms. The summed E-state index contributed by atoms with van der Waals surface area (Å²) in [7, 11) is -4.13. The second-order valence-corrected chi connectivity index (χ2v) is 9.62. The van der Waals surface area contributed by atoms with Gasteiger partial charge in [0.1, 0.15) is 6.07 Å². The van der Waals surface area contributed by atoms with E-state index in [0.717, 1.165) is 55.9 Å². The minimum absolute atomic E-state index is 0.304. The van der Waals surface area contributed by atoms with Gasteiger partial charge in [0.15, 0.2) is 4.91 Å². The number of nitriles is 1. The SMILES string of the molecule is C/C(=C(/C#N)S(=O)(=O)NCC(O)CO)c1ccc2cc(NCCN3CCOCC3)ccc2c1. The fourth-order valence-electron chi connectivity index (χ4n) is 3.59. The number of anilines is 1. The first-order valence-corrected chi connectivity index (χ1v) is 12.3. The van der Waals surface area contributed by atoms with E-state index < -0.39 is 27.6 Å². The lowest BCUT2D eigenvalue weighted by atomic mass is 10.0. The average molecular weight is 475 g/mol. The second-order valence-electron chi connectivity index (χ2n) is 7.91. The van der Waals surface area contributed by atoms with Gasteiger partial charge in [0, 0.05) is 38.4 Å². The number of morpholine rings is 1.